The number of alkyl halides is 3. The molecule has 1 unspecified atom stereocenters. The summed E-state index contributed by atoms with van der Waals surface area (Å²) < 4.78 is 70.2. The van der Waals surface area contributed by atoms with Crippen LogP contribution in [0.3, 0.4) is 0 Å². The Kier molecular flexibility index (Phi) is 9.24. The maximum absolute atomic E-state index is 13.5. The van der Waals surface area contributed by atoms with E-state index in [9.17, 15) is 32.4 Å². The predicted octanol–water partition coefficient (Wildman–Crippen LogP) is 4.44. The first-order valence-electron chi connectivity index (χ1n) is 10.1. The van der Waals surface area contributed by atoms with Crippen LogP contribution in [-0.4, -0.2) is 40.9 Å². The van der Waals surface area contributed by atoms with E-state index in [1.165, 1.54) is 20.0 Å². The molecule has 0 aliphatic heterocycles. The summed E-state index contributed by atoms with van der Waals surface area (Å²) in [6.07, 6.45) is -3.78. The summed E-state index contributed by atoms with van der Waals surface area (Å²) >= 11 is 0. The van der Waals surface area contributed by atoms with Gasteiger partial charge in [0.25, 0.3) is 0 Å². The van der Waals surface area contributed by atoms with Crippen molar-refractivity contribution in [3.63, 3.8) is 0 Å². The number of pyridine rings is 1. The first-order chi connectivity index (χ1) is 16.2. The van der Waals surface area contributed by atoms with Crippen molar-refractivity contribution in [2.45, 2.75) is 52.8 Å². The number of halogens is 3. The number of aryl methyl sites for hydroxylation is 1. The molecule has 1 aromatic heterocycles. The molecule has 0 radical (unpaired) electrons. The quantitative estimate of drug-likeness (QED) is 0.249. The smallest absolute Gasteiger partial charge is 0.505 e. The molecule has 2 N–H and O–H groups in total. The van der Waals surface area contributed by atoms with E-state index < -0.39 is 44.6 Å². The molecule has 0 saturated carbocycles. The van der Waals surface area contributed by atoms with Crippen LogP contribution in [0.15, 0.2) is 30.5 Å². The fourth-order valence-corrected chi connectivity index (χ4v) is 4.08. The fraction of sp³-hybridized carbons (Fsp3) is 0.381. The van der Waals surface area contributed by atoms with Gasteiger partial charge in [0, 0.05) is 11.8 Å². The molecular weight excluding hydrogens is 496 g/mol. The Morgan fingerprint density at radius 2 is 1.80 bits per heavy atom. The lowest BCUT2D eigenvalue weighted by Crippen LogP contribution is -2.36. The number of hydrogen-bond acceptors (Lipinski definition) is 9. The zero-order valence-electron chi connectivity index (χ0n) is 19.2. The summed E-state index contributed by atoms with van der Waals surface area (Å²) in [6, 6.07) is 2.76. The highest BCUT2D eigenvalue weighted by Crippen LogP contribution is 2.46. The van der Waals surface area contributed by atoms with E-state index in [1.54, 1.807) is 13.8 Å². The predicted molar refractivity (Wildman–Crippen MR) is 116 cm³/mol. The largest absolute Gasteiger partial charge is 0.573 e. The molecule has 0 aliphatic carbocycles. The summed E-state index contributed by atoms with van der Waals surface area (Å²) in [7, 11) is -4.41. The monoisotopic (exact) mass is 520 g/mol. The number of nitrogens with zero attached hydrogens (tertiary/aromatic N) is 1. The Morgan fingerprint density at radius 3 is 2.34 bits per heavy atom. The zero-order valence-corrected chi connectivity index (χ0v) is 20.1. The van der Waals surface area contributed by atoms with Crippen molar-refractivity contribution in [1.29, 1.82) is 0 Å². The summed E-state index contributed by atoms with van der Waals surface area (Å²) in [5.74, 6) is -1.89. The number of aromatic nitrogens is 1. The van der Waals surface area contributed by atoms with E-state index >= 15 is 0 Å². The maximum Gasteiger partial charge on any atom is 0.573 e. The van der Waals surface area contributed by atoms with Crippen LogP contribution in [0.25, 0.3) is 0 Å². The minimum absolute atomic E-state index is 0.0695. The van der Waals surface area contributed by atoms with E-state index in [4.69, 9.17) is 13.8 Å². The topological polar surface area (TPSA) is 133 Å². The molecule has 0 amide bonds. The van der Waals surface area contributed by atoms with Crippen LogP contribution in [0.4, 0.5) is 13.2 Å². The third-order valence-electron chi connectivity index (χ3n) is 4.21. The van der Waals surface area contributed by atoms with Gasteiger partial charge >= 0.3 is 20.1 Å². The van der Waals surface area contributed by atoms with Crippen LogP contribution >= 0.6 is 7.75 Å². The van der Waals surface area contributed by atoms with E-state index in [-0.39, 0.29) is 28.3 Å². The van der Waals surface area contributed by atoms with Crippen molar-refractivity contribution in [3.05, 3.63) is 47.3 Å². The van der Waals surface area contributed by atoms with Gasteiger partial charge in [-0.25, -0.2) is 4.57 Å². The maximum atomic E-state index is 13.5. The Labute approximate surface area is 198 Å². The second-order valence-corrected chi connectivity index (χ2v) is 9.16. The number of rotatable bonds is 11. The number of carbonyl (C=O) groups excluding carboxylic acids is 2. The summed E-state index contributed by atoms with van der Waals surface area (Å²) in [4.78, 5) is 27.5. The lowest BCUT2D eigenvalue weighted by Gasteiger charge is -2.23. The van der Waals surface area contributed by atoms with Crippen molar-refractivity contribution >= 4 is 20.0 Å². The highest BCUT2D eigenvalue weighted by atomic mass is 31.2. The van der Waals surface area contributed by atoms with Gasteiger partial charge in [0.1, 0.15) is 23.3 Å². The van der Waals surface area contributed by atoms with E-state index in [0.29, 0.717) is 6.29 Å². The van der Waals surface area contributed by atoms with Crippen LogP contribution in [0.1, 0.15) is 42.4 Å². The highest BCUT2D eigenvalue weighted by Gasteiger charge is 2.34. The molecule has 14 heteroatoms. The molecule has 2 aromatic rings. The minimum atomic E-state index is -4.90. The van der Waals surface area contributed by atoms with Gasteiger partial charge in [-0.2, -0.15) is 5.09 Å². The average Bonchev–Trinajstić information content (AvgIpc) is 2.74. The minimum Gasteiger partial charge on any atom is -0.505 e. The number of benzene rings is 1. The van der Waals surface area contributed by atoms with Gasteiger partial charge in [0.05, 0.1) is 24.0 Å². The van der Waals surface area contributed by atoms with Gasteiger partial charge in [-0.05, 0) is 52.0 Å². The van der Waals surface area contributed by atoms with Crippen molar-refractivity contribution < 1.29 is 51.0 Å². The number of aldehydes is 1. The van der Waals surface area contributed by atoms with Crippen LogP contribution in [0.2, 0.25) is 0 Å². The first-order valence-corrected chi connectivity index (χ1v) is 11.7. The molecule has 2 atom stereocenters. The number of nitrogens with one attached hydrogen (secondary N) is 1. The molecule has 192 valence electrons. The van der Waals surface area contributed by atoms with E-state index in [2.05, 4.69) is 14.8 Å². The van der Waals surface area contributed by atoms with E-state index in [0.717, 1.165) is 24.3 Å². The molecule has 1 heterocycles. The number of carbonyl (C=O) groups is 2. The molecule has 0 spiro atoms. The Bertz CT molecular complexity index is 1090. The highest BCUT2D eigenvalue weighted by molar-refractivity contribution is 7.52. The fourth-order valence-electron chi connectivity index (χ4n) is 2.61. The van der Waals surface area contributed by atoms with Crippen LogP contribution in [-0.2, 0) is 25.2 Å². The summed E-state index contributed by atoms with van der Waals surface area (Å²) in [6.45, 7) is 5.48. The number of esters is 1. The van der Waals surface area contributed by atoms with Gasteiger partial charge in [-0.15, -0.1) is 13.2 Å². The molecule has 0 fully saturated rings. The molecule has 0 saturated heterocycles. The van der Waals surface area contributed by atoms with Crippen molar-refractivity contribution in [3.8, 4) is 17.2 Å². The SMILES string of the molecule is Cc1ncc(COP(=O)(N[C@@H](C)C(=O)OC(C)C)Oc2ccc(OC(F)(F)F)cc2)c(C=O)c1O. The molecule has 0 bridgehead atoms. The first kappa shape index (κ1) is 28.1. The van der Waals surface area contributed by atoms with Crippen molar-refractivity contribution in [2.75, 3.05) is 0 Å². The number of hydrogen-bond donors (Lipinski definition) is 2. The van der Waals surface area contributed by atoms with Crippen LogP contribution in [0.5, 0.6) is 17.2 Å². The third kappa shape index (κ3) is 8.53. The van der Waals surface area contributed by atoms with Crippen LogP contribution < -0.4 is 14.3 Å². The van der Waals surface area contributed by atoms with Crippen molar-refractivity contribution in [1.82, 2.24) is 10.1 Å². The molecule has 35 heavy (non-hydrogen) atoms. The average molecular weight is 520 g/mol. The lowest BCUT2D eigenvalue weighted by molar-refractivity contribution is -0.274. The summed E-state index contributed by atoms with van der Waals surface area (Å²) in [5, 5.41) is 12.4. The molecule has 1 aromatic carbocycles. The van der Waals surface area contributed by atoms with Gasteiger partial charge in [0.2, 0.25) is 0 Å². The second-order valence-electron chi connectivity index (χ2n) is 7.47. The zero-order chi connectivity index (χ0) is 26.4. The van der Waals surface area contributed by atoms with Gasteiger partial charge < -0.3 is 19.1 Å². The normalized spacial score (nSPS) is 14.2. The van der Waals surface area contributed by atoms with Gasteiger partial charge in [-0.3, -0.25) is 19.1 Å². The molecule has 2 rings (SSSR count). The molecule has 10 nitrogen and oxygen atoms in total. The lowest BCUT2D eigenvalue weighted by atomic mass is 10.1. The summed E-state index contributed by atoms with van der Waals surface area (Å²) in [5.41, 5.74) is 0.102. The third-order valence-corrected chi connectivity index (χ3v) is 5.83. The Morgan fingerprint density at radius 1 is 1.20 bits per heavy atom. The number of ether oxygens (including phenoxy) is 2. The van der Waals surface area contributed by atoms with Gasteiger partial charge in [0.15, 0.2) is 6.29 Å². The van der Waals surface area contributed by atoms with Crippen molar-refractivity contribution in [2.24, 2.45) is 0 Å². The van der Waals surface area contributed by atoms with Crippen LogP contribution in [0, 0.1) is 6.92 Å². The second kappa shape index (κ2) is 11.5. The Balaban J connectivity index is 2.29. The standard InChI is InChI=1S/C21H24F3N2O8P/c1-12(2)32-20(29)14(4)26-35(30,31-11-15-9-25-13(3)19(28)18(15)10-27)34-17-7-5-16(6-8-17)33-21(22,23)24/h5-10,12,14,28H,11H2,1-4H3,(H,26,30)/t14-,35?/m0/s1. The molecule has 0 aliphatic rings. The Hall–Kier alpha value is -3.15. The van der Waals surface area contributed by atoms with Gasteiger partial charge in [-0.1, -0.05) is 0 Å². The van der Waals surface area contributed by atoms with E-state index in [1.807, 2.05) is 0 Å². The number of aromatic hydroxyl groups is 1. The molecular formula is C21H24F3N2O8P.